The molecule has 0 aromatic carbocycles. The molecule has 2 nitrogen and oxygen atoms in total. The van der Waals surface area contributed by atoms with Gasteiger partial charge in [-0.25, -0.2) is 0 Å². The van der Waals surface area contributed by atoms with Crippen LogP contribution in [0.2, 0.25) is 0 Å². The van der Waals surface area contributed by atoms with Crippen LogP contribution >= 0.6 is 0 Å². The Morgan fingerprint density at radius 3 is 2.42 bits per heavy atom. The van der Waals surface area contributed by atoms with Gasteiger partial charge >= 0.3 is 0 Å². The lowest BCUT2D eigenvalue weighted by atomic mass is 10.3. The van der Waals surface area contributed by atoms with Crippen molar-refractivity contribution in [2.24, 2.45) is 0 Å². The Hall–Kier alpha value is -1.05. The lowest BCUT2D eigenvalue weighted by molar-refractivity contribution is 0.653. The maximum absolute atomic E-state index is 4.25. The van der Waals surface area contributed by atoms with Crippen molar-refractivity contribution in [2.45, 2.75) is 34.2 Å². The summed E-state index contributed by atoms with van der Waals surface area (Å²) in [6.45, 7) is 12.7. The molecule has 1 aromatic rings. The first-order valence-electron chi connectivity index (χ1n) is 4.44. The molecule has 0 unspecified atom stereocenters. The van der Waals surface area contributed by atoms with Gasteiger partial charge in [-0.1, -0.05) is 26.5 Å². The molecule has 0 fully saturated rings. The molecule has 0 N–H and O–H groups in total. The molecule has 0 spiro atoms. The Balaban J connectivity index is 0.000000561. The lowest BCUT2D eigenvalue weighted by Crippen LogP contribution is -1.93. The van der Waals surface area contributed by atoms with Gasteiger partial charge in [-0.2, -0.15) is 5.10 Å². The lowest BCUT2D eigenvalue weighted by Gasteiger charge is -1.89. The summed E-state index contributed by atoms with van der Waals surface area (Å²) < 4.78 is 1.91. The average molecular weight is 166 g/mol. The molecule has 1 rings (SSSR count). The summed E-state index contributed by atoms with van der Waals surface area (Å²) in [6.07, 6.45) is 3.83. The molecule has 2 heteroatoms. The van der Waals surface area contributed by atoms with Crippen LogP contribution in [-0.2, 0) is 6.54 Å². The van der Waals surface area contributed by atoms with Gasteiger partial charge < -0.3 is 0 Å². The minimum absolute atomic E-state index is 0.925. The Kier molecular flexibility index (Phi) is 5.09. The SMILES string of the molecule is C=Cc1cn(CC)nc1C.CC. The van der Waals surface area contributed by atoms with E-state index in [4.69, 9.17) is 0 Å². The fraction of sp³-hybridized carbons (Fsp3) is 0.500. The molecule has 1 heterocycles. The van der Waals surface area contributed by atoms with E-state index in [2.05, 4.69) is 18.6 Å². The van der Waals surface area contributed by atoms with Crippen LogP contribution in [0.1, 0.15) is 32.0 Å². The van der Waals surface area contributed by atoms with Gasteiger partial charge in [0.2, 0.25) is 0 Å². The largest absolute Gasteiger partial charge is 0.272 e. The maximum Gasteiger partial charge on any atom is 0.0665 e. The second-order valence-electron chi connectivity index (χ2n) is 2.23. The third kappa shape index (κ3) is 2.53. The van der Waals surface area contributed by atoms with E-state index in [1.54, 1.807) is 0 Å². The molecule has 1 aromatic heterocycles. The van der Waals surface area contributed by atoms with Crippen LogP contribution in [0.5, 0.6) is 0 Å². The molecule has 68 valence electrons. The third-order valence-corrected chi connectivity index (χ3v) is 1.53. The van der Waals surface area contributed by atoms with Crippen molar-refractivity contribution in [3.8, 4) is 0 Å². The van der Waals surface area contributed by atoms with Crippen molar-refractivity contribution in [1.82, 2.24) is 9.78 Å². The van der Waals surface area contributed by atoms with Crippen molar-refractivity contribution >= 4 is 6.08 Å². The number of aryl methyl sites for hydroxylation is 2. The fourth-order valence-corrected chi connectivity index (χ4v) is 0.896. The van der Waals surface area contributed by atoms with Gasteiger partial charge in [-0.05, 0) is 13.8 Å². The monoisotopic (exact) mass is 166 g/mol. The fourth-order valence-electron chi connectivity index (χ4n) is 0.896. The Morgan fingerprint density at radius 1 is 1.58 bits per heavy atom. The van der Waals surface area contributed by atoms with E-state index in [-0.39, 0.29) is 0 Å². The van der Waals surface area contributed by atoms with Gasteiger partial charge in [0.15, 0.2) is 0 Å². The standard InChI is InChI=1S/C8H12N2.C2H6/c1-4-8-6-10(5-2)9-7(8)3;1-2/h4,6H,1,5H2,2-3H3;1-2H3. The minimum Gasteiger partial charge on any atom is -0.272 e. The highest BCUT2D eigenvalue weighted by Gasteiger charge is 1.97. The van der Waals surface area contributed by atoms with Crippen molar-refractivity contribution in [2.75, 3.05) is 0 Å². The van der Waals surface area contributed by atoms with Crippen LogP contribution in [0.15, 0.2) is 12.8 Å². The summed E-state index contributed by atoms with van der Waals surface area (Å²) in [5, 5.41) is 4.25. The number of nitrogens with zero attached hydrogens (tertiary/aromatic N) is 2. The molecule has 0 amide bonds. The summed E-state index contributed by atoms with van der Waals surface area (Å²) in [6, 6.07) is 0. The van der Waals surface area contributed by atoms with E-state index in [9.17, 15) is 0 Å². The molecular formula is C10H18N2. The van der Waals surface area contributed by atoms with E-state index in [0.717, 1.165) is 17.8 Å². The summed E-state index contributed by atoms with van der Waals surface area (Å²) in [4.78, 5) is 0. The molecule has 0 saturated heterocycles. The van der Waals surface area contributed by atoms with Crippen molar-refractivity contribution in [3.63, 3.8) is 0 Å². The molecule has 0 bridgehead atoms. The normalized spacial score (nSPS) is 8.67. The smallest absolute Gasteiger partial charge is 0.0665 e. The van der Waals surface area contributed by atoms with Gasteiger partial charge in [-0.3, -0.25) is 4.68 Å². The zero-order chi connectivity index (χ0) is 9.56. The van der Waals surface area contributed by atoms with Gasteiger partial charge in [0.05, 0.1) is 5.69 Å². The van der Waals surface area contributed by atoms with Crippen LogP contribution < -0.4 is 0 Å². The quantitative estimate of drug-likeness (QED) is 0.660. The zero-order valence-electron chi connectivity index (χ0n) is 8.46. The van der Waals surface area contributed by atoms with Gasteiger partial charge in [0.25, 0.3) is 0 Å². The molecule has 0 aliphatic heterocycles. The van der Waals surface area contributed by atoms with E-state index < -0.39 is 0 Å². The highest BCUT2D eigenvalue weighted by Crippen LogP contribution is 2.05. The van der Waals surface area contributed by atoms with Gasteiger partial charge in [0.1, 0.15) is 0 Å². The predicted octanol–water partition coefficient (Wildman–Crippen LogP) is 2.88. The highest BCUT2D eigenvalue weighted by atomic mass is 15.3. The maximum atomic E-state index is 4.25. The molecular weight excluding hydrogens is 148 g/mol. The number of aromatic nitrogens is 2. The van der Waals surface area contributed by atoms with Crippen LogP contribution in [0.3, 0.4) is 0 Å². The van der Waals surface area contributed by atoms with Crippen molar-refractivity contribution in [1.29, 1.82) is 0 Å². The first-order valence-corrected chi connectivity index (χ1v) is 4.44. The topological polar surface area (TPSA) is 17.8 Å². The van der Waals surface area contributed by atoms with E-state index in [0.29, 0.717) is 0 Å². The summed E-state index contributed by atoms with van der Waals surface area (Å²) >= 11 is 0. The summed E-state index contributed by atoms with van der Waals surface area (Å²) in [7, 11) is 0. The third-order valence-electron chi connectivity index (χ3n) is 1.53. The summed E-state index contributed by atoms with van der Waals surface area (Å²) in [5.41, 5.74) is 2.18. The van der Waals surface area contributed by atoms with Gasteiger partial charge in [-0.15, -0.1) is 0 Å². The molecule has 0 atom stereocenters. The zero-order valence-corrected chi connectivity index (χ0v) is 8.46. The Bertz CT molecular complexity index is 236. The molecule has 0 aliphatic rings. The first kappa shape index (κ1) is 11.0. The van der Waals surface area contributed by atoms with Crippen LogP contribution in [0, 0.1) is 6.92 Å². The number of rotatable bonds is 2. The Morgan fingerprint density at radius 2 is 2.17 bits per heavy atom. The number of hydrogen-bond donors (Lipinski definition) is 0. The predicted molar refractivity (Wildman–Crippen MR) is 54.1 cm³/mol. The van der Waals surface area contributed by atoms with Crippen molar-refractivity contribution in [3.05, 3.63) is 24.0 Å². The second kappa shape index (κ2) is 5.58. The molecule has 0 aliphatic carbocycles. The number of hydrogen-bond acceptors (Lipinski definition) is 1. The van der Waals surface area contributed by atoms with Crippen molar-refractivity contribution < 1.29 is 0 Å². The molecule has 12 heavy (non-hydrogen) atoms. The van der Waals surface area contributed by atoms with E-state index >= 15 is 0 Å². The average Bonchev–Trinajstić information content (AvgIpc) is 2.49. The van der Waals surface area contributed by atoms with Gasteiger partial charge in [0, 0.05) is 18.3 Å². The molecule has 0 saturated carbocycles. The summed E-state index contributed by atoms with van der Waals surface area (Å²) in [5.74, 6) is 0. The van der Waals surface area contributed by atoms with Crippen LogP contribution in [0.25, 0.3) is 6.08 Å². The highest BCUT2D eigenvalue weighted by molar-refractivity contribution is 5.47. The Labute approximate surface area is 74.9 Å². The van der Waals surface area contributed by atoms with Crippen LogP contribution in [-0.4, -0.2) is 9.78 Å². The van der Waals surface area contributed by atoms with E-state index in [1.165, 1.54) is 0 Å². The van der Waals surface area contributed by atoms with Crippen LogP contribution in [0.4, 0.5) is 0 Å². The second-order valence-corrected chi connectivity index (χ2v) is 2.23. The first-order chi connectivity index (χ1) is 5.77. The van der Waals surface area contributed by atoms with E-state index in [1.807, 2.05) is 37.7 Å². The minimum atomic E-state index is 0.925. The molecule has 0 radical (unpaired) electrons.